The Labute approximate surface area is 103 Å². The molecule has 1 saturated heterocycles. The van der Waals surface area contributed by atoms with Crippen molar-refractivity contribution in [1.82, 2.24) is 4.98 Å². The van der Waals surface area contributed by atoms with Gasteiger partial charge in [0.05, 0.1) is 11.8 Å². The Bertz CT molecular complexity index is 348. The van der Waals surface area contributed by atoms with Gasteiger partial charge < -0.3 is 9.47 Å². The van der Waals surface area contributed by atoms with Gasteiger partial charge in [0, 0.05) is 31.4 Å². The Balaban J connectivity index is 2.09. The van der Waals surface area contributed by atoms with Crippen LogP contribution in [0.15, 0.2) is 18.2 Å². The summed E-state index contributed by atoms with van der Waals surface area (Å²) in [4.78, 5) is 4.73. The molecule has 0 bridgehead atoms. The molecular weight excluding hydrogens is 214 g/mol. The van der Waals surface area contributed by atoms with Crippen LogP contribution in [0.1, 0.15) is 50.1 Å². The summed E-state index contributed by atoms with van der Waals surface area (Å²) in [5.41, 5.74) is 2.23. The lowest BCUT2D eigenvalue weighted by molar-refractivity contribution is 0.0720. The van der Waals surface area contributed by atoms with Crippen molar-refractivity contribution in [2.24, 2.45) is 0 Å². The van der Waals surface area contributed by atoms with Crippen LogP contribution in [0, 0.1) is 0 Å². The molecule has 1 fully saturated rings. The van der Waals surface area contributed by atoms with E-state index in [2.05, 4.69) is 19.1 Å². The van der Waals surface area contributed by atoms with Crippen molar-refractivity contribution in [3.8, 4) is 0 Å². The topological polar surface area (TPSA) is 31.4 Å². The molecular formula is C14H21NO2. The highest BCUT2D eigenvalue weighted by Gasteiger charge is 2.18. The maximum absolute atomic E-state index is 5.58. The van der Waals surface area contributed by atoms with Crippen LogP contribution in [-0.4, -0.2) is 24.8 Å². The van der Waals surface area contributed by atoms with Crippen LogP contribution in [0.4, 0.5) is 0 Å². The fraction of sp³-hybridized carbons (Fsp3) is 0.643. The quantitative estimate of drug-likeness (QED) is 0.803. The number of nitrogens with zero attached hydrogens (tertiary/aromatic N) is 1. The Morgan fingerprint density at radius 3 is 2.88 bits per heavy atom. The molecule has 3 nitrogen and oxygen atoms in total. The lowest BCUT2D eigenvalue weighted by atomic mass is 9.95. The molecule has 1 unspecified atom stereocenters. The van der Waals surface area contributed by atoms with Crippen molar-refractivity contribution in [2.75, 3.05) is 19.8 Å². The monoisotopic (exact) mass is 235 g/mol. The maximum atomic E-state index is 5.58. The van der Waals surface area contributed by atoms with Crippen molar-refractivity contribution in [3.63, 3.8) is 0 Å². The van der Waals surface area contributed by atoms with Crippen LogP contribution in [0.5, 0.6) is 0 Å². The molecule has 0 amide bonds. The van der Waals surface area contributed by atoms with E-state index >= 15 is 0 Å². The normalized spacial score (nSPS) is 19.2. The summed E-state index contributed by atoms with van der Waals surface area (Å²) in [6.45, 7) is 6.51. The predicted octanol–water partition coefficient (Wildman–Crippen LogP) is 3.07. The fourth-order valence-corrected chi connectivity index (χ4v) is 2.25. The van der Waals surface area contributed by atoms with E-state index in [0.29, 0.717) is 5.92 Å². The molecule has 2 heterocycles. The van der Waals surface area contributed by atoms with Gasteiger partial charge >= 0.3 is 0 Å². The minimum Gasteiger partial charge on any atom is -0.381 e. The zero-order valence-electron chi connectivity index (χ0n) is 10.7. The standard InChI is InChI=1S/C14H21NO2/c1-3-17-11(2)13-5-4-6-14(15-13)12-7-9-16-10-8-12/h4-6,11-12H,3,7-10H2,1-2H3. The first kappa shape index (κ1) is 12.5. The van der Waals surface area contributed by atoms with Gasteiger partial charge in [-0.05, 0) is 38.8 Å². The zero-order chi connectivity index (χ0) is 12.1. The molecule has 1 aliphatic rings. The first-order valence-electron chi connectivity index (χ1n) is 6.47. The van der Waals surface area contributed by atoms with Gasteiger partial charge in [-0.15, -0.1) is 0 Å². The van der Waals surface area contributed by atoms with Crippen molar-refractivity contribution >= 4 is 0 Å². The van der Waals surface area contributed by atoms with Gasteiger partial charge in [0.25, 0.3) is 0 Å². The molecule has 1 aromatic heterocycles. The molecule has 1 aromatic rings. The Kier molecular flexibility index (Phi) is 4.51. The molecule has 0 N–H and O–H groups in total. The highest BCUT2D eigenvalue weighted by Crippen LogP contribution is 2.26. The third-order valence-electron chi connectivity index (χ3n) is 3.26. The van der Waals surface area contributed by atoms with Crippen molar-refractivity contribution < 1.29 is 9.47 Å². The minimum atomic E-state index is 0.0831. The molecule has 94 valence electrons. The molecule has 0 aromatic carbocycles. The van der Waals surface area contributed by atoms with E-state index in [1.807, 2.05) is 13.0 Å². The molecule has 17 heavy (non-hydrogen) atoms. The summed E-state index contributed by atoms with van der Waals surface area (Å²) in [6, 6.07) is 6.25. The Morgan fingerprint density at radius 2 is 2.18 bits per heavy atom. The largest absolute Gasteiger partial charge is 0.381 e. The molecule has 1 atom stereocenters. The van der Waals surface area contributed by atoms with Crippen molar-refractivity contribution in [3.05, 3.63) is 29.6 Å². The highest BCUT2D eigenvalue weighted by atomic mass is 16.5. The van der Waals surface area contributed by atoms with E-state index in [0.717, 1.165) is 38.4 Å². The number of hydrogen-bond acceptors (Lipinski definition) is 3. The van der Waals surface area contributed by atoms with E-state index in [1.165, 1.54) is 5.69 Å². The van der Waals surface area contributed by atoms with E-state index in [1.54, 1.807) is 0 Å². The molecule has 0 radical (unpaired) electrons. The van der Waals surface area contributed by atoms with Gasteiger partial charge in [-0.2, -0.15) is 0 Å². The first-order chi connectivity index (χ1) is 8.31. The van der Waals surface area contributed by atoms with Crippen LogP contribution < -0.4 is 0 Å². The van der Waals surface area contributed by atoms with E-state index < -0.39 is 0 Å². The van der Waals surface area contributed by atoms with Gasteiger partial charge in [-0.3, -0.25) is 4.98 Å². The van der Waals surface area contributed by atoms with Gasteiger partial charge in [0.1, 0.15) is 0 Å². The zero-order valence-corrected chi connectivity index (χ0v) is 10.7. The molecule has 0 aliphatic carbocycles. The van der Waals surface area contributed by atoms with Gasteiger partial charge in [0.2, 0.25) is 0 Å². The summed E-state index contributed by atoms with van der Waals surface area (Å²) in [5, 5.41) is 0. The summed E-state index contributed by atoms with van der Waals surface area (Å²) >= 11 is 0. The number of ether oxygens (including phenoxy) is 2. The smallest absolute Gasteiger partial charge is 0.0966 e. The van der Waals surface area contributed by atoms with E-state index in [9.17, 15) is 0 Å². The fourth-order valence-electron chi connectivity index (χ4n) is 2.25. The van der Waals surface area contributed by atoms with Crippen LogP contribution in [0.3, 0.4) is 0 Å². The Morgan fingerprint density at radius 1 is 1.41 bits per heavy atom. The average Bonchev–Trinajstić information content (AvgIpc) is 2.40. The van der Waals surface area contributed by atoms with Crippen molar-refractivity contribution in [2.45, 2.75) is 38.7 Å². The lowest BCUT2D eigenvalue weighted by Gasteiger charge is -2.22. The SMILES string of the molecule is CCOC(C)c1cccc(C2CCOCC2)n1. The number of aromatic nitrogens is 1. The molecule has 0 saturated carbocycles. The summed E-state index contributed by atoms with van der Waals surface area (Å²) < 4.78 is 11.0. The number of hydrogen-bond donors (Lipinski definition) is 0. The third kappa shape index (κ3) is 3.27. The van der Waals surface area contributed by atoms with E-state index in [4.69, 9.17) is 14.5 Å². The molecule has 2 rings (SSSR count). The second kappa shape index (κ2) is 6.12. The third-order valence-corrected chi connectivity index (χ3v) is 3.26. The van der Waals surface area contributed by atoms with Crippen LogP contribution in [-0.2, 0) is 9.47 Å². The average molecular weight is 235 g/mol. The predicted molar refractivity (Wildman–Crippen MR) is 67.1 cm³/mol. The first-order valence-corrected chi connectivity index (χ1v) is 6.47. The Hall–Kier alpha value is -0.930. The maximum Gasteiger partial charge on any atom is 0.0966 e. The van der Waals surface area contributed by atoms with Crippen LogP contribution in [0.25, 0.3) is 0 Å². The molecule has 3 heteroatoms. The van der Waals surface area contributed by atoms with E-state index in [-0.39, 0.29) is 6.10 Å². The lowest BCUT2D eigenvalue weighted by Crippen LogP contribution is -2.16. The van der Waals surface area contributed by atoms with Crippen LogP contribution >= 0.6 is 0 Å². The van der Waals surface area contributed by atoms with Gasteiger partial charge in [-0.1, -0.05) is 6.07 Å². The number of pyridine rings is 1. The second-order valence-corrected chi connectivity index (χ2v) is 4.47. The summed E-state index contributed by atoms with van der Waals surface area (Å²) in [6.07, 6.45) is 2.25. The van der Waals surface area contributed by atoms with Crippen LogP contribution in [0.2, 0.25) is 0 Å². The summed E-state index contributed by atoms with van der Waals surface area (Å²) in [7, 11) is 0. The van der Waals surface area contributed by atoms with Gasteiger partial charge in [0.15, 0.2) is 0 Å². The molecule has 0 spiro atoms. The minimum absolute atomic E-state index is 0.0831. The van der Waals surface area contributed by atoms with Crippen molar-refractivity contribution in [1.29, 1.82) is 0 Å². The number of rotatable bonds is 4. The van der Waals surface area contributed by atoms with Gasteiger partial charge in [-0.25, -0.2) is 0 Å². The second-order valence-electron chi connectivity index (χ2n) is 4.47. The summed E-state index contributed by atoms with van der Waals surface area (Å²) in [5.74, 6) is 0.553. The molecule has 1 aliphatic heterocycles. The highest BCUT2D eigenvalue weighted by molar-refractivity contribution is 5.16.